The summed E-state index contributed by atoms with van der Waals surface area (Å²) in [4.78, 5) is 18.6. The lowest BCUT2D eigenvalue weighted by atomic mass is 10.2. The maximum atomic E-state index is 12.2. The van der Waals surface area contributed by atoms with Gasteiger partial charge in [-0.3, -0.25) is 4.79 Å². The van der Waals surface area contributed by atoms with Gasteiger partial charge >= 0.3 is 0 Å². The minimum absolute atomic E-state index is 0.116. The van der Waals surface area contributed by atoms with Gasteiger partial charge in [0.25, 0.3) is 0 Å². The highest BCUT2D eigenvalue weighted by Crippen LogP contribution is 2.23. The minimum atomic E-state index is 0.116. The fraction of sp³-hybridized carbons (Fsp3) is 0.444. The molecular formula is C18H22N2O4S. The molecule has 25 heavy (non-hydrogen) atoms. The quantitative estimate of drug-likeness (QED) is 0.787. The number of benzene rings is 1. The van der Waals surface area contributed by atoms with Crippen LogP contribution in [-0.4, -0.2) is 54.5 Å². The average Bonchev–Trinajstić information content (AvgIpc) is 3.10. The van der Waals surface area contributed by atoms with Gasteiger partial charge in [0.1, 0.15) is 12.0 Å². The van der Waals surface area contributed by atoms with Crippen LogP contribution in [0.2, 0.25) is 0 Å². The molecule has 0 aliphatic carbocycles. The molecule has 0 saturated carbocycles. The second-order valence-electron chi connectivity index (χ2n) is 5.89. The molecule has 0 spiro atoms. The molecule has 1 amide bonds. The van der Waals surface area contributed by atoms with Crippen molar-refractivity contribution in [3.05, 3.63) is 36.2 Å². The molecule has 1 aromatic carbocycles. The Morgan fingerprint density at radius 3 is 2.92 bits per heavy atom. The van der Waals surface area contributed by atoms with Crippen molar-refractivity contribution in [2.45, 2.75) is 18.8 Å². The molecule has 0 radical (unpaired) electrons. The number of hydrogen-bond acceptors (Lipinski definition) is 6. The van der Waals surface area contributed by atoms with E-state index in [1.54, 1.807) is 25.1 Å². The number of amides is 1. The fourth-order valence-corrected chi connectivity index (χ4v) is 3.42. The van der Waals surface area contributed by atoms with Gasteiger partial charge in [-0.25, -0.2) is 4.98 Å². The van der Waals surface area contributed by atoms with Gasteiger partial charge in [0.2, 0.25) is 11.8 Å². The summed E-state index contributed by atoms with van der Waals surface area (Å²) in [6, 6.07) is 7.56. The van der Waals surface area contributed by atoms with E-state index in [1.165, 1.54) is 0 Å². The Morgan fingerprint density at radius 1 is 1.40 bits per heavy atom. The fourth-order valence-electron chi connectivity index (χ4n) is 2.62. The third kappa shape index (κ3) is 4.76. The number of ether oxygens (including phenoxy) is 2. The number of rotatable bonds is 6. The Hall–Kier alpha value is -1.99. The number of oxazole rings is 1. The van der Waals surface area contributed by atoms with Crippen LogP contribution in [0.15, 0.2) is 34.9 Å². The van der Waals surface area contributed by atoms with E-state index in [9.17, 15) is 4.79 Å². The van der Waals surface area contributed by atoms with E-state index in [0.29, 0.717) is 37.1 Å². The van der Waals surface area contributed by atoms with Gasteiger partial charge in [0, 0.05) is 24.4 Å². The third-order valence-corrected chi connectivity index (χ3v) is 4.91. The highest BCUT2D eigenvalue weighted by atomic mass is 32.2. The molecule has 2 heterocycles. The van der Waals surface area contributed by atoms with Gasteiger partial charge in [-0.1, -0.05) is 0 Å². The van der Waals surface area contributed by atoms with Crippen LogP contribution in [0, 0.1) is 0 Å². The second-order valence-corrected chi connectivity index (χ2v) is 6.87. The lowest BCUT2D eigenvalue weighted by Crippen LogP contribution is -2.45. The smallest absolute Gasteiger partial charge is 0.232 e. The SMILES string of the molecule is COc1ccc(-c2nc(CSCC(=O)N3CCOC(C)C3)co2)cc1. The molecule has 2 aromatic rings. The van der Waals surface area contributed by atoms with Crippen LogP contribution < -0.4 is 4.74 Å². The Labute approximate surface area is 151 Å². The third-order valence-electron chi connectivity index (χ3n) is 3.96. The van der Waals surface area contributed by atoms with E-state index < -0.39 is 0 Å². The largest absolute Gasteiger partial charge is 0.497 e. The van der Waals surface area contributed by atoms with Crippen molar-refractivity contribution in [1.29, 1.82) is 0 Å². The Kier molecular flexibility index (Phi) is 5.99. The van der Waals surface area contributed by atoms with E-state index >= 15 is 0 Å². The van der Waals surface area contributed by atoms with E-state index in [1.807, 2.05) is 36.1 Å². The number of carbonyl (C=O) groups is 1. The van der Waals surface area contributed by atoms with Gasteiger partial charge < -0.3 is 18.8 Å². The molecular weight excluding hydrogens is 340 g/mol. The van der Waals surface area contributed by atoms with E-state index in [-0.39, 0.29) is 12.0 Å². The molecule has 1 aliphatic heterocycles. The first-order chi connectivity index (χ1) is 12.2. The Balaban J connectivity index is 1.49. The summed E-state index contributed by atoms with van der Waals surface area (Å²) in [7, 11) is 1.63. The van der Waals surface area contributed by atoms with Crippen LogP contribution in [0.3, 0.4) is 0 Å². The molecule has 3 rings (SSSR count). The van der Waals surface area contributed by atoms with Crippen molar-refractivity contribution >= 4 is 17.7 Å². The summed E-state index contributed by atoms with van der Waals surface area (Å²) in [6.45, 7) is 3.95. The molecule has 1 aromatic heterocycles. The molecule has 7 heteroatoms. The molecule has 1 saturated heterocycles. The first-order valence-corrected chi connectivity index (χ1v) is 9.37. The van der Waals surface area contributed by atoms with E-state index in [4.69, 9.17) is 13.9 Å². The van der Waals surface area contributed by atoms with Crippen LogP contribution in [0.1, 0.15) is 12.6 Å². The highest BCUT2D eigenvalue weighted by Gasteiger charge is 2.21. The molecule has 1 atom stereocenters. The predicted octanol–water partition coefficient (Wildman–Crippen LogP) is 2.83. The summed E-state index contributed by atoms with van der Waals surface area (Å²) >= 11 is 1.55. The number of thioether (sulfide) groups is 1. The van der Waals surface area contributed by atoms with E-state index in [0.717, 1.165) is 17.0 Å². The van der Waals surface area contributed by atoms with Crippen molar-refractivity contribution < 1.29 is 18.7 Å². The lowest BCUT2D eigenvalue weighted by molar-refractivity contribution is -0.135. The average molecular weight is 362 g/mol. The normalized spacial score (nSPS) is 17.5. The molecule has 6 nitrogen and oxygen atoms in total. The van der Waals surface area contributed by atoms with Crippen molar-refractivity contribution in [2.24, 2.45) is 0 Å². The maximum Gasteiger partial charge on any atom is 0.232 e. The number of carbonyl (C=O) groups excluding carboxylic acids is 1. The highest BCUT2D eigenvalue weighted by molar-refractivity contribution is 7.99. The van der Waals surface area contributed by atoms with Gasteiger partial charge in [0.05, 0.1) is 31.3 Å². The number of aromatic nitrogens is 1. The molecule has 134 valence electrons. The van der Waals surface area contributed by atoms with Crippen molar-refractivity contribution in [2.75, 3.05) is 32.6 Å². The summed E-state index contributed by atoms with van der Waals surface area (Å²) < 4.78 is 16.1. The Morgan fingerprint density at radius 2 is 2.20 bits per heavy atom. The number of methoxy groups -OCH3 is 1. The van der Waals surface area contributed by atoms with Crippen LogP contribution >= 0.6 is 11.8 Å². The first-order valence-electron chi connectivity index (χ1n) is 8.21. The monoisotopic (exact) mass is 362 g/mol. The van der Waals surface area contributed by atoms with Crippen LogP contribution in [-0.2, 0) is 15.3 Å². The van der Waals surface area contributed by atoms with Gasteiger partial charge in [-0.05, 0) is 31.2 Å². The number of nitrogens with zero attached hydrogens (tertiary/aromatic N) is 2. The topological polar surface area (TPSA) is 64.8 Å². The van der Waals surface area contributed by atoms with Crippen molar-refractivity contribution in [3.8, 4) is 17.2 Å². The molecule has 1 fully saturated rings. The Bertz CT molecular complexity index is 701. The van der Waals surface area contributed by atoms with Gasteiger partial charge in [0.15, 0.2) is 0 Å². The number of hydrogen-bond donors (Lipinski definition) is 0. The summed E-state index contributed by atoms with van der Waals surface area (Å²) in [6.07, 6.45) is 1.76. The van der Waals surface area contributed by atoms with E-state index in [2.05, 4.69) is 4.98 Å². The van der Waals surface area contributed by atoms with Crippen LogP contribution in [0.4, 0.5) is 0 Å². The molecule has 1 aliphatic rings. The van der Waals surface area contributed by atoms with Crippen LogP contribution in [0.25, 0.3) is 11.5 Å². The summed E-state index contributed by atoms with van der Waals surface area (Å²) in [5, 5.41) is 0. The van der Waals surface area contributed by atoms with Crippen LogP contribution in [0.5, 0.6) is 5.75 Å². The molecule has 0 bridgehead atoms. The molecule has 1 unspecified atom stereocenters. The van der Waals surface area contributed by atoms with Crippen molar-refractivity contribution in [1.82, 2.24) is 9.88 Å². The molecule has 0 N–H and O–H groups in total. The minimum Gasteiger partial charge on any atom is -0.497 e. The zero-order valence-electron chi connectivity index (χ0n) is 14.4. The number of morpholine rings is 1. The van der Waals surface area contributed by atoms with Gasteiger partial charge in [-0.2, -0.15) is 0 Å². The second kappa shape index (κ2) is 8.40. The van der Waals surface area contributed by atoms with Gasteiger partial charge in [-0.15, -0.1) is 11.8 Å². The standard InChI is InChI=1S/C18H22N2O4S/c1-13-9-20(7-8-23-13)17(21)12-25-11-15-10-24-18(19-15)14-3-5-16(22-2)6-4-14/h3-6,10,13H,7-9,11-12H2,1-2H3. The van der Waals surface area contributed by atoms with Crippen molar-refractivity contribution in [3.63, 3.8) is 0 Å². The lowest BCUT2D eigenvalue weighted by Gasteiger charge is -2.31. The predicted molar refractivity (Wildman–Crippen MR) is 96.6 cm³/mol. The maximum absolute atomic E-state index is 12.2. The zero-order valence-corrected chi connectivity index (χ0v) is 15.3. The summed E-state index contributed by atoms with van der Waals surface area (Å²) in [5.41, 5.74) is 1.73. The first kappa shape index (κ1) is 17.8. The summed E-state index contributed by atoms with van der Waals surface area (Å²) in [5.74, 6) is 2.61. The zero-order chi connectivity index (χ0) is 17.6.